The number of ether oxygens (including phenoxy) is 2. The summed E-state index contributed by atoms with van der Waals surface area (Å²) in [6, 6.07) is 0. The fourth-order valence-corrected chi connectivity index (χ4v) is 1.77. The molecule has 1 aromatic heterocycles. The van der Waals surface area contributed by atoms with Crippen molar-refractivity contribution in [1.29, 1.82) is 0 Å². The highest BCUT2D eigenvalue weighted by Crippen LogP contribution is 2.29. The summed E-state index contributed by atoms with van der Waals surface area (Å²) in [7, 11) is 0. The normalized spacial score (nSPS) is 20.2. The number of nitrogens with zero attached hydrogens (tertiary/aromatic N) is 1. The second-order valence-corrected chi connectivity index (χ2v) is 3.84. The number of carbonyl (C=O) groups is 1. The third kappa shape index (κ3) is 2.58. The molecule has 2 rings (SSSR count). The van der Waals surface area contributed by atoms with Crippen LogP contribution in [0.2, 0.25) is 0 Å². The first-order chi connectivity index (χ1) is 8.22. The van der Waals surface area contributed by atoms with Crippen molar-refractivity contribution in [3.63, 3.8) is 0 Å². The molecule has 17 heavy (non-hydrogen) atoms. The van der Waals surface area contributed by atoms with Gasteiger partial charge in [0.2, 0.25) is 17.5 Å². The van der Waals surface area contributed by atoms with Gasteiger partial charge in [-0.3, -0.25) is 0 Å². The minimum absolute atomic E-state index is 0.00683. The molecular weight excluding hydrogens is 224 g/mol. The Kier molecular flexibility index (Phi) is 3.63. The molecule has 94 valence electrons. The number of anilines is 1. The zero-order valence-electron chi connectivity index (χ0n) is 9.77. The number of nitrogens with two attached hydrogens (primary N) is 1. The number of hydrogen-bond donors (Lipinski definition) is 1. The van der Waals surface area contributed by atoms with Crippen molar-refractivity contribution in [2.75, 3.05) is 18.9 Å². The van der Waals surface area contributed by atoms with Crippen LogP contribution in [0.4, 0.5) is 5.88 Å². The van der Waals surface area contributed by atoms with Gasteiger partial charge in [-0.1, -0.05) is 0 Å². The van der Waals surface area contributed by atoms with E-state index in [2.05, 4.69) is 4.98 Å². The van der Waals surface area contributed by atoms with Crippen LogP contribution in [-0.4, -0.2) is 24.2 Å². The van der Waals surface area contributed by atoms with E-state index in [0.717, 1.165) is 19.3 Å². The minimum atomic E-state index is -0.559. The van der Waals surface area contributed by atoms with E-state index in [4.69, 9.17) is 19.6 Å². The highest BCUT2D eigenvalue weighted by Gasteiger charge is 2.26. The van der Waals surface area contributed by atoms with Crippen molar-refractivity contribution >= 4 is 11.9 Å². The first-order valence-corrected chi connectivity index (χ1v) is 5.77. The van der Waals surface area contributed by atoms with E-state index >= 15 is 0 Å². The molecule has 1 aliphatic heterocycles. The van der Waals surface area contributed by atoms with Crippen LogP contribution in [0.1, 0.15) is 48.7 Å². The molecule has 0 radical (unpaired) electrons. The zero-order valence-corrected chi connectivity index (χ0v) is 9.77. The Balaban J connectivity index is 2.14. The number of hydrogen-bond acceptors (Lipinski definition) is 6. The number of rotatable bonds is 3. The van der Waals surface area contributed by atoms with E-state index in [-0.39, 0.29) is 24.3 Å². The van der Waals surface area contributed by atoms with Gasteiger partial charge in [0.15, 0.2) is 0 Å². The van der Waals surface area contributed by atoms with Gasteiger partial charge in [0, 0.05) is 6.61 Å². The third-order valence-corrected chi connectivity index (χ3v) is 2.59. The van der Waals surface area contributed by atoms with Crippen molar-refractivity contribution in [2.45, 2.75) is 32.3 Å². The van der Waals surface area contributed by atoms with Crippen molar-refractivity contribution in [3.05, 3.63) is 11.6 Å². The maximum Gasteiger partial charge on any atom is 0.362 e. The topological polar surface area (TPSA) is 87.6 Å². The minimum Gasteiger partial charge on any atom is -0.461 e. The molecule has 6 heteroatoms. The van der Waals surface area contributed by atoms with E-state index in [1.54, 1.807) is 6.92 Å². The van der Waals surface area contributed by atoms with Gasteiger partial charge in [-0.25, -0.2) is 9.78 Å². The van der Waals surface area contributed by atoms with Crippen LogP contribution in [0.15, 0.2) is 4.42 Å². The SMILES string of the molecule is CCOC(=O)c1nc(C2CCCCO2)oc1N. The Morgan fingerprint density at radius 3 is 3.06 bits per heavy atom. The number of aromatic nitrogens is 1. The lowest BCUT2D eigenvalue weighted by Gasteiger charge is -2.19. The van der Waals surface area contributed by atoms with Gasteiger partial charge in [0.05, 0.1) is 6.61 Å². The summed E-state index contributed by atoms with van der Waals surface area (Å²) in [5.74, 6) is -0.200. The van der Waals surface area contributed by atoms with Gasteiger partial charge in [0.1, 0.15) is 6.10 Å². The van der Waals surface area contributed by atoms with Crippen molar-refractivity contribution in [1.82, 2.24) is 4.98 Å². The van der Waals surface area contributed by atoms with Crippen LogP contribution in [0.5, 0.6) is 0 Å². The third-order valence-electron chi connectivity index (χ3n) is 2.59. The molecule has 0 spiro atoms. The smallest absolute Gasteiger partial charge is 0.362 e. The summed E-state index contributed by atoms with van der Waals surface area (Å²) >= 11 is 0. The predicted octanol–water partition coefficient (Wildman–Crippen LogP) is 1.68. The maximum absolute atomic E-state index is 11.5. The molecule has 1 atom stereocenters. The second-order valence-electron chi connectivity index (χ2n) is 3.84. The molecule has 1 unspecified atom stereocenters. The Hall–Kier alpha value is -1.56. The first-order valence-electron chi connectivity index (χ1n) is 5.77. The monoisotopic (exact) mass is 240 g/mol. The first kappa shape index (κ1) is 11.9. The van der Waals surface area contributed by atoms with E-state index in [0.29, 0.717) is 12.5 Å². The molecule has 6 nitrogen and oxygen atoms in total. The lowest BCUT2D eigenvalue weighted by atomic mass is 10.1. The maximum atomic E-state index is 11.5. The summed E-state index contributed by atoms with van der Waals surface area (Å²) in [5, 5.41) is 0. The highest BCUT2D eigenvalue weighted by molar-refractivity contribution is 5.91. The Labute approximate surface area is 99.1 Å². The summed E-state index contributed by atoms with van der Waals surface area (Å²) in [5.41, 5.74) is 5.63. The van der Waals surface area contributed by atoms with Gasteiger partial charge in [-0.05, 0) is 26.2 Å². The van der Waals surface area contributed by atoms with E-state index < -0.39 is 5.97 Å². The lowest BCUT2D eigenvalue weighted by Crippen LogP contribution is -2.12. The second kappa shape index (κ2) is 5.18. The standard InChI is InChI=1S/C11H16N2O4/c1-2-15-11(14)8-9(12)17-10(13-8)7-5-3-4-6-16-7/h7H,2-6,12H2,1H3. The van der Waals surface area contributed by atoms with Gasteiger partial charge in [0.25, 0.3) is 0 Å². The van der Waals surface area contributed by atoms with Crippen molar-refractivity contribution in [2.24, 2.45) is 0 Å². The molecule has 0 aromatic carbocycles. The fourth-order valence-electron chi connectivity index (χ4n) is 1.77. The molecule has 1 aliphatic rings. The van der Waals surface area contributed by atoms with Gasteiger partial charge in [-0.2, -0.15) is 0 Å². The van der Waals surface area contributed by atoms with Crippen LogP contribution in [0.3, 0.4) is 0 Å². The molecule has 1 fully saturated rings. The number of oxazole rings is 1. The molecular formula is C11H16N2O4. The number of carbonyl (C=O) groups excluding carboxylic acids is 1. The summed E-state index contributed by atoms with van der Waals surface area (Å²) in [6.07, 6.45) is 2.73. The molecule has 1 saturated heterocycles. The van der Waals surface area contributed by atoms with Crippen LogP contribution < -0.4 is 5.73 Å². The largest absolute Gasteiger partial charge is 0.461 e. The Morgan fingerprint density at radius 2 is 2.41 bits per heavy atom. The fraction of sp³-hybridized carbons (Fsp3) is 0.636. The van der Waals surface area contributed by atoms with Crippen molar-refractivity contribution < 1.29 is 18.7 Å². The van der Waals surface area contributed by atoms with E-state index in [1.807, 2.05) is 0 Å². The summed E-state index contributed by atoms with van der Waals surface area (Å²) in [6.45, 7) is 2.68. The zero-order chi connectivity index (χ0) is 12.3. The van der Waals surface area contributed by atoms with Crippen molar-refractivity contribution in [3.8, 4) is 0 Å². The van der Waals surface area contributed by atoms with E-state index in [1.165, 1.54) is 0 Å². The Bertz CT molecular complexity index is 396. The molecule has 0 bridgehead atoms. The lowest BCUT2D eigenvalue weighted by molar-refractivity contribution is -0.00107. The average molecular weight is 240 g/mol. The summed E-state index contributed by atoms with van der Waals surface area (Å²) in [4.78, 5) is 15.6. The molecule has 1 aromatic rings. The molecule has 2 N–H and O–H groups in total. The van der Waals surface area contributed by atoms with Gasteiger partial charge in [-0.15, -0.1) is 0 Å². The van der Waals surface area contributed by atoms with Crippen LogP contribution in [-0.2, 0) is 9.47 Å². The van der Waals surface area contributed by atoms with Crippen LogP contribution >= 0.6 is 0 Å². The summed E-state index contributed by atoms with van der Waals surface area (Å²) < 4.78 is 15.6. The molecule has 0 aliphatic carbocycles. The molecule has 0 saturated carbocycles. The van der Waals surface area contributed by atoms with Crippen LogP contribution in [0.25, 0.3) is 0 Å². The van der Waals surface area contributed by atoms with Gasteiger partial charge >= 0.3 is 5.97 Å². The van der Waals surface area contributed by atoms with Crippen LogP contribution in [0, 0.1) is 0 Å². The average Bonchev–Trinajstić information content (AvgIpc) is 2.73. The highest BCUT2D eigenvalue weighted by atomic mass is 16.5. The molecule has 2 heterocycles. The van der Waals surface area contributed by atoms with E-state index in [9.17, 15) is 4.79 Å². The quantitative estimate of drug-likeness (QED) is 0.808. The Morgan fingerprint density at radius 1 is 1.59 bits per heavy atom. The predicted molar refractivity (Wildman–Crippen MR) is 59.4 cm³/mol. The number of nitrogen functional groups attached to an aromatic ring is 1. The number of esters is 1. The van der Waals surface area contributed by atoms with Gasteiger partial charge < -0.3 is 19.6 Å². The molecule has 0 amide bonds.